The number of pyridine rings is 1. The second-order valence-electron chi connectivity index (χ2n) is 7.76. The van der Waals surface area contributed by atoms with E-state index in [4.69, 9.17) is 21.8 Å². The minimum atomic E-state index is 0.165. The van der Waals surface area contributed by atoms with Gasteiger partial charge in [0.05, 0.1) is 17.3 Å². The number of aromatic nitrogens is 3. The van der Waals surface area contributed by atoms with Crippen LogP contribution in [0, 0.1) is 17.2 Å². The summed E-state index contributed by atoms with van der Waals surface area (Å²) in [5.41, 5.74) is 1.97. The molecule has 2 aliphatic rings. The van der Waals surface area contributed by atoms with E-state index in [9.17, 15) is 0 Å². The lowest BCUT2D eigenvalue weighted by molar-refractivity contribution is 0.473. The standard InChI is InChI=1S/C22H21ClN6/c23-18-3-1-16-2-4-20(27-19(16)11-18)29-13-17(14-29)21-22(26-8-7-25-21)28-9-5-15(12-24)6-10-28/h1-4,7-8,11,15,17H,5-6,9-10,13-14H2. The van der Waals surface area contributed by atoms with Crippen LogP contribution in [0.25, 0.3) is 10.9 Å². The molecule has 5 rings (SSSR count). The molecule has 146 valence electrons. The van der Waals surface area contributed by atoms with Crippen molar-refractivity contribution in [2.75, 3.05) is 36.0 Å². The van der Waals surface area contributed by atoms with E-state index in [1.807, 2.05) is 18.2 Å². The summed E-state index contributed by atoms with van der Waals surface area (Å²) in [6, 6.07) is 12.3. The van der Waals surface area contributed by atoms with Crippen molar-refractivity contribution in [3.63, 3.8) is 0 Å². The number of halogens is 1. The molecule has 0 aliphatic carbocycles. The van der Waals surface area contributed by atoms with Gasteiger partial charge in [0, 0.05) is 60.8 Å². The third-order valence-electron chi connectivity index (χ3n) is 5.91. The Morgan fingerprint density at radius 3 is 2.55 bits per heavy atom. The molecule has 0 atom stereocenters. The molecule has 2 saturated heterocycles. The second-order valence-corrected chi connectivity index (χ2v) is 8.20. The van der Waals surface area contributed by atoms with Crippen molar-refractivity contribution in [2.24, 2.45) is 5.92 Å². The van der Waals surface area contributed by atoms with Gasteiger partial charge in [-0.05, 0) is 37.1 Å². The largest absolute Gasteiger partial charge is 0.355 e. The summed E-state index contributed by atoms with van der Waals surface area (Å²) in [5.74, 6) is 2.45. The molecule has 3 aromatic rings. The number of benzene rings is 1. The molecule has 4 heterocycles. The van der Waals surface area contributed by atoms with Crippen molar-refractivity contribution >= 4 is 34.1 Å². The van der Waals surface area contributed by atoms with Gasteiger partial charge in [-0.1, -0.05) is 17.7 Å². The SMILES string of the molecule is N#CC1CCN(c2nccnc2C2CN(c3ccc4ccc(Cl)cc4n3)C2)CC1. The average Bonchev–Trinajstić information content (AvgIpc) is 2.73. The summed E-state index contributed by atoms with van der Waals surface area (Å²) in [4.78, 5) is 18.6. The molecule has 0 N–H and O–H groups in total. The molecule has 0 amide bonds. The summed E-state index contributed by atoms with van der Waals surface area (Å²) >= 11 is 6.12. The molecule has 0 saturated carbocycles. The molecule has 2 aromatic heterocycles. The molecule has 0 bridgehead atoms. The lowest BCUT2D eigenvalue weighted by Gasteiger charge is -2.41. The van der Waals surface area contributed by atoms with Crippen LogP contribution in [0.15, 0.2) is 42.7 Å². The van der Waals surface area contributed by atoms with Gasteiger partial charge in [0.25, 0.3) is 0 Å². The zero-order chi connectivity index (χ0) is 19.8. The summed E-state index contributed by atoms with van der Waals surface area (Å²) < 4.78 is 0. The molecule has 1 aromatic carbocycles. The normalized spacial score (nSPS) is 17.9. The lowest BCUT2D eigenvalue weighted by atomic mass is 9.94. The lowest BCUT2D eigenvalue weighted by Crippen LogP contribution is -2.47. The quantitative estimate of drug-likeness (QED) is 0.656. The second kappa shape index (κ2) is 7.49. The molecule has 2 fully saturated rings. The van der Waals surface area contributed by atoms with Crippen LogP contribution in [0.5, 0.6) is 0 Å². The molecule has 0 unspecified atom stereocenters. The van der Waals surface area contributed by atoms with E-state index in [-0.39, 0.29) is 5.92 Å². The highest BCUT2D eigenvalue weighted by molar-refractivity contribution is 6.31. The maximum atomic E-state index is 9.14. The summed E-state index contributed by atoms with van der Waals surface area (Å²) in [6.07, 6.45) is 5.33. The maximum Gasteiger partial charge on any atom is 0.150 e. The minimum absolute atomic E-state index is 0.165. The third kappa shape index (κ3) is 3.47. The molecule has 0 radical (unpaired) electrons. The number of hydrogen-bond donors (Lipinski definition) is 0. The zero-order valence-corrected chi connectivity index (χ0v) is 16.8. The number of rotatable bonds is 3. The van der Waals surface area contributed by atoms with E-state index in [0.29, 0.717) is 10.9 Å². The van der Waals surface area contributed by atoms with Crippen LogP contribution < -0.4 is 9.80 Å². The van der Waals surface area contributed by atoms with Crippen LogP contribution in [-0.2, 0) is 0 Å². The Hall–Kier alpha value is -2.91. The van der Waals surface area contributed by atoms with E-state index < -0.39 is 0 Å². The zero-order valence-electron chi connectivity index (χ0n) is 16.0. The van der Waals surface area contributed by atoms with Gasteiger partial charge in [0.2, 0.25) is 0 Å². The van der Waals surface area contributed by atoms with Gasteiger partial charge in [-0.2, -0.15) is 5.26 Å². The minimum Gasteiger partial charge on any atom is -0.355 e. The Morgan fingerprint density at radius 1 is 1.00 bits per heavy atom. The fourth-order valence-corrected chi connectivity index (χ4v) is 4.35. The average molecular weight is 405 g/mol. The molecule has 2 aliphatic heterocycles. The first-order valence-electron chi connectivity index (χ1n) is 9.98. The van der Waals surface area contributed by atoms with E-state index in [2.05, 4.69) is 38.0 Å². The molecular weight excluding hydrogens is 384 g/mol. The fourth-order valence-electron chi connectivity index (χ4n) is 4.19. The van der Waals surface area contributed by atoms with Crippen LogP contribution in [0.4, 0.5) is 11.6 Å². The van der Waals surface area contributed by atoms with Gasteiger partial charge < -0.3 is 9.80 Å². The van der Waals surface area contributed by atoms with Gasteiger partial charge in [0.1, 0.15) is 5.82 Å². The summed E-state index contributed by atoms with van der Waals surface area (Å²) in [6.45, 7) is 3.49. The van der Waals surface area contributed by atoms with Crippen molar-refractivity contribution in [1.82, 2.24) is 15.0 Å². The van der Waals surface area contributed by atoms with Gasteiger partial charge in [-0.15, -0.1) is 0 Å². The van der Waals surface area contributed by atoms with Crippen LogP contribution >= 0.6 is 11.6 Å². The molecule has 7 heteroatoms. The maximum absolute atomic E-state index is 9.14. The van der Waals surface area contributed by atoms with Gasteiger partial charge in [-0.25, -0.2) is 9.97 Å². The summed E-state index contributed by atoms with van der Waals surface area (Å²) in [5, 5.41) is 10.9. The number of nitrogens with zero attached hydrogens (tertiary/aromatic N) is 6. The van der Waals surface area contributed by atoms with Crippen molar-refractivity contribution in [3.05, 3.63) is 53.4 Å². The van der Waals surface area contributed by atoms with Crippen molar-refractivity contribution < 1.29 is 0 Å². The fraction of sp³-hybridized carbons (Fsp3) is 0.364. The first-order valence-corrected chi connectivity index (χ1v) is 10.4. The Labute approximate surface area is 174 Å². The van der Waals surface area contributed by atoms with Crippen molar-refractivity contribution in [3.8, 4) is 6.07 Å². The van der Waals surface area contributed by atoms with Gasteiger partial charge in [-0.3, -0.25) is 4.98 Å². The van der Waals surface area contributed by atoms with Crippen molar-refractivity contribution in [2.45, 2.75) is 18.8 Å². The van der Waals surface area contributed by atoms with E-state index in [1.54, 1.807) is 12.4 Å². The van der Waals surface area contributed by atoms with Crippen LogP contribution in [0.1, 0.15) is 24.5 Å². The highest BCUT2D eigenvalue weighted by atomic mass is 35.5. The monoisotopic (exact) mass is 404 g/mol. The van der Waals surface area contributed by atoms with E-state index in [1.165, 1.54) is 0 Å². The Balaban J connectivity index is 1.32. The van der Waals surface area contributed by atoms with Crippen LogP contribution in [0.2, 0.25) is 5.02 Å². The Bertz CT molecular complexity index is 1080. The Morgan fingerprint density at radius 2 is 1.76 bits per heavy atom. The first kappa shape index (κ1) is 18.1. The van der Waals surface area contributed by atoms with E-state index >= 15 is 0 Å². The molecular formula is C22H21ClN6. The van der Waals surface area contributed by atoms with Crippen LogP contribution in [0.3, 0.4) is 0 Å². The first-order chi connectivity index (χ1) is 14.2. The number of anilines is 2. The highest BCUT2D eigenvalue weighted by Gasteiger charge is 2.34. The number of fused-ring (bicyclic) bond motifs is 1. The predicted molar refractivity (Wildman–Crippen MR) is 114 cm³/mol. The number of nitriles is 1. The van der Waals surface area contributed by atoms with Gasteiger partial charge >= 0.3 is 0 Å². The van der Waals surface area contributed by atoms with E-state index in [0.717, 1.165) is 67.3 Å². The third-order valence-corrected chi connectivity index (χ3v) is 6.15. The number of hydrogen-bond acceptors (Lipinski definition) is 6. The highest BCUT2D eigenvalue weighted by Crippen LogP contribution is 2.35. The molecule has 29 heavy (non-hydrogen) atoms. The Kier molecular flexibility index (Phi) is 4.69. The number of piperidine rings is 1. The predicted octanol–water partition coefficient (Wildman–Crippen LogP) is 4.02. The topological polar surface area (TPSA) is 68.9 Å². The van der Waals surface area contributed by atoms with Crippen molar-refractivity contribution in [1.29, 1.82) is 5.26 Å². The molecule has 0 spiro atoms. The van der Waals surface area contributed by atoms with Crippen LogP contribution in [-0.4, -0.2) is 41.1 Å². The summed E-state index contributed by atoms with van der Waals surface area (Å²) in [7, 11) is 0. The molecule has 6 nitrogen and oxygen atoms in total. The smallest absolute Gasteiger partial charge is 0.150 e. The van der Waals surface area contributed by atoms with Gasteiger partial charge in [0.15, 0.2) is 5.82 Å².